The van der Waals surface area contributed by atoms with Crippen LogP contribution in [0.1, 0.15) is 96.3 Å². The van der Waals surface area contributed by atoms with Gasteiger partial charge in [0.25, 0.3) is 0 Å². The first-order valence-corrected chi connectivity index (χ1v) is 13.6. The van der Waals surface area contributed by atoms with E-state index >= 15 is 0 Å². The molecule has 1 saturated heterocycles. The molecule has 4 unspecified atom stereocenters. The van der Waals surface area contributed by atoms with Crippen LogP contribution in [0.3, 0.4) is 0 Å². The maximum atomic E-state index is 14.0. The van der Waals surface area contributed by atoms with Gasteiger partial charge in [-0.05, 0) is 25.7 Å². The first-order valence-electron chi connectivity index (χ1n) is 12.6. The highest BCUT2D eigenvalue weighted by molar-refractivity contribution is 6.14. The molecule has 1 heterocycles. The molecule has 1 aliphatic rings. The van der Waals surface area contributed by atoms with Gasteiger partial charge in [-0.1, -0.05) is 64.2 Å². The van der Waals surface area contributed by atoms with Gasteiger partial charge in [0.2, 0.25) is 6.43 Å². The number of alkyl halides is 3. The van der Waals surface area contributed by atoms with Gasteiger partial charge in [-0.3, -0.25) is 0 Å². The Morgan fingerprint density at radius 1 is 0.750 bits per heavy atom. The van der Waals surface area contributed by atoms with Crippen molar-refractivity contribution in [3.8, 4) is 0 Å². The zero-order valence-electron chi connectivity index (χ0n) is 20.8. The van der Waals surface area contributed by atoms with Crippen molar-refractivity contribution >= 4 is 10.2 Å². The molecule has 1 aliphatic heterocycles. The van der Waals surface area contributed by atoms with E-state index < -0.39 is 18.0 Å². The largest absolute Gasteiger partial charge is 0.373 e. The van der Waals surface area contributed by atoms with E-state index in [4.69, 9.17) is 18.9 Å². The molecule has 0 radical (unpaired) electrons. The molecule has 4 atom stereocenters. The summed E-state index contributed by atoms with van der Waals surface area (Å²) in [7, 11) is 5.64. The van der Waals surface area contributed by atoms with Crippen LogP contribution in [0.25, 0.3) is 0 Å². The van der Waals surface area contributed by atoms with Crippen LogP contribution in [0, 0.1) is 0 Å². The second-order valence-electron chi connectivity index (χ2n) is 9.25. The molecule has 8 heteroatoms. The first-order chi connectivity index (χ1) is 15.4. The number of epoxide rings is 1. The van der Waals surface area contributed by atoms with E-state index in [1.54, 1.807) is 21.3 Å². The summed E-state index contributed by atoms with van der Waals surface area (Å²) in [5, 5.41) is 0. The summed E-state index contributed by atoms with van der Waals surface area (Å²) in [5.74, 6) is 0. The van der Waals surface area contributed by atoms with E-state index in [0.29, 0.717) is 29.5 Å². The van der Waals surface area contributed by atoms with Gasteiger partial charge in [0.15, 0.2) is 5.41 Å². The zero-order valence-corrected chi connectivity index (χ0v) is 22.8. The van der Waals surface area contributed by atoms with E-state index in [1.165, 1.54) is 0 Å². The van der Waals surface area contributed by atoms with Crippen molar-refractivity contribution in [3.05, 3.63) is 0 Å². The van der Waals surface area contributed by atoms with Gasteiger partial charge in [0.1, 0.15) is 18.4 Å². The zero-order chi connectivity index (χ0) is 23.8. The standard InChI is InChI=1S/C24H47F3O4Si/c1-28-23(24(32,29-2)30-3)22-20(31-22)17-13-10-9-12-16-19(25)15-11-7-5-4-6-8-14-18-21(26)27/h19-23H,4-18H2,1-3,32H3. The van der Waals surface area contributed by atoms with Crippen LogP contribution in [0.2, 0.25) is 0 Å². The minimum absolute atomic E-state index is 0.0240. The number of halogens is 3. The predicted octanol–water partition coefficient (Wildman–Crippen LogP) is 5.54. The number of methoxy groups -OCH3 is 3. The lowest BCUT2D eigenvalue weighted by Gasteiger charge is -2.33. The fourth-order valence-corrected chi connectivity index (χ4v) is 4.94. The molecule has 0 aromatic rings. The molecule has 0 aliphatic carbocycles. The molecule has 4 nitrogen and oxygen atoms in total. The monoisotopic (exact) mass is 484 g/mol. The fourth-order valence-electron chi connectivity index (χ4n) is 4.37. The second-order valence-corrected chi connectivity index (χ2v) is 10.6. The topological polar surface area (TPSA) is 40.2 Å². The summed E-state index contributed by atoms with van der Waals surface area (Å²) in [6, 6.07) is 0. The Hall–Kier alpha value is -0.153. The van der Waals surface area contributed by atoms with E-state index in [9.17, 15) is 13.2 Å². The maximum Gasteiger partial charge on any atom is 0.238 e. The molecule has 0 spiro atoms. The molecule has 1 fully saturated rings. The third kappa shape index (κ3) is 12.3. The second kappa shape index (κ2) is 17.3. The normalized spacial score (nSPS) is 20.7. The molecule has 0 saturated carbocycles. The lowest BCUT2D eigenvalue weighted by molar-refractivity contribution is -0.212. The summed E-state index contributed by atoms with van der Waals surface area (Å²) in [5.41, 5.74) is -0.680. The van der Waals surface area contributed by atoms with Crippen LogP contribution in [0.15, 0.2) is 0 Å². The van der Waals surface area contributed by atoms with E-state index in [1.807, 2.05) is 0 Å². The fraction of sp³-hybridized carbons (Fsp3) is 1.00. The van der Waals surface area contributed by atoms with E-state index in [0.717, 1.165) is 70.6 Å². The quantitative estimate of drug-likeness (QED) is 0.0876. The van der Waals surface area contributed by atoms with Crippen LogP contribution < -0.4 is 0 Å². The number of unbranched alkanes of at least 4 members (excludes halogenated alkanes) is 9. The lowest BCUT2D eigenvalue weighted by Crippen LogP contribution is -2.51. The molecular formula is C24H47F3O4Si. The van der Waals surface area contributed by atoms with Crippen molar-refractivity contribution in [1.29, 1.82) is 0 Å². The van der Waals surface area contributed by atoms with Crippen molar-refractivity contribution in [2.24, 2.45) is 0 Å². The summed E-state index contributed by atoms with van der Waals surface area (Å²) in [6.07, 6.45) is 10.4. The Morgan fingerprint density at radius 2 is 1.22 bits per heavy atom. The highest BCUT2D eigenvalue weighted by Gasteiger charge is 2.52. The molecule has 1 rings (SSSR count). The van der Waals surface area contributed by atoms with Crippen molar-refractivity contribution < 1.29 is 32.1 Å². The number of hydrogen-bond acceptors (Lipinski definition) is 4. The molecule has 0 aromatic carbocycles. The Bertz CT molecular complexity index is 455. The highest BCUT2D eigenvalue weighted by atomic mass is 28.1. The van der Waals surface area contributed by atoms with Gasteiger partial charge in [-0.2, -0.15) is 0 Å². The van der Waals surface area contributed by atoms with Gasteiger partial charge < -0.3 is 18.9 Å². The SMILES string of the molecule is COC(C1OC1CCCCCCC(F)CCCCCCCCCC(F)F)C([SiH3])(OC)OC. The third-order valence-electron chi connectivity index (χ3n) is 6.70. The third-order valence-corrected chi connectivity index (χ3v) is 8.08. The average Bonchev–Trinajstić information content (AvgIpc) is 3.53. The molecule has 0 aromatic heterocycles. The van der Waals surface area contributed by atoms with Crippen molar-refractivity contribution in [3.63, 3.8) is 0 Å². The van der Waals surface area contributed by atoms with Crippen molar-refractivity contribution in [2.45, 2.75) is 133 Å². The molecule has 192 valence electrons. The first kappa shape index (κ1) is 29.9. The summed E-state index contributed by atoms with van der Waals surface area (Å²) >= 11 is 0. The van der Waals surface area contributed by atoms with Gasteiger partial charge in [0.05, 0.1) is 16.3 Å². The van der Waals surface area contributed by atoms with Crippen molar-refractivity contribution in [1.82, 2.24) is 0 Å². The number of hydrogen-bond donors (Lipinski definition) is 0. The van der Waals surface area contributed by atoms with E-state index in [-0.39, 0.29) is 24.7 Å². The molecule has 32 heavy (non-hydrogen) atoms. The Labute approximate surface area is 196 Å². The predicted molar refractivity (Wildman–Crippen MR) is 126 cm³/mol. The summed E-state index contributed by atoms with van der Waals surface area (Å²) < 4.78 is 60.5. The smallest absolute Gasteiger partial charge is 0.238 e. The highest BCUT2D eigenvalue weighted by Crippen LogP contribution is 2.36. The maximum absolute atomic E-state index is 14.0. The Balaban J connectivity index is 1.93. The summed E-state index contributed by atoms with van der Waals surface area (Å²) in [4.78, 5) is 0. The van der Waals surface area contributed by atoms with Crippen LogP contribution >= 0.6 is 0 Å². The Kier molecular flexibility index (Phi) is 16.2. The van der Waals surface area contributed by atoms with Crippen molar-refractivity contribution in [2.75, 3.05) is 21.3 Å². The molecule has 0 N–H and O–H groups in total. The van der Waals surface area contributed by atoms with Gasteiger partial charge in [-0.25, -0.2) is 13.2 Å². The van der Waals surface area contributed by atoms with Gasteiger partial charge in [-0.15, -0.1) is 0 Å². The van der Waals surface area contributed by atoms with Gasteiger partial charge >= 0.3 is 0 Å². The molecule has 0 amide bonds. The van der Waals surface area contributed by atoms with E-state index in [2.05, 4.69) is 0 Å². The lowest BCUT2D eigenvalue weighted by atomic mass is 10.0. The minimum Gasteiger partial charge on any atom is -0.373 e. The molecule has 0 bridgehead atoms. The molecular weight excluding hydrogens is 437 g/mol. The van der Waals surface area contributed by atoms with Crippen LogP contribution in [0.4, 0.5) is 13.2 Å². The summed E-state index contributed by atoms with van der Waals surface area (Å²) in [6.45, 7) is 0. The van der Waals surface area contributed by atoms with Crippen LogP contribution in [0.5, 0.6) is 0 Å². The number of ether oxygens (including phenoxy) is 4. The minimum atomic E-state index is -2.17. The van der Waals surface area contributed by atoms with Crippen LogP contribution in [-0.2, 0) is 18.9 Å². The van der Waals surface area contributed by atoms with Crippen LogP contribution in [-0.4, -0.2) is 67.9 Å². The average molecular weight is 485 g/mol. The number of rotatable bonds is 22. The Morgan fingerprint density at radius 3 is 1.69 bits per heavy atom. The van der Waals surface area contributed by atoms with Gasteiger partial charge in [0, 0.05) is 27.8 Å².